The van der Waals surface area contributed by atoms with E-state index in [2.05, 4.69) is 22.6 Å². The molecule has 0 atom stereocenters. The first kappa shape index (κ1) is 14.1. The molecule has 0 fully saturated rings. The SMILES string of the molecule is CCOc1ccc2c(=O)cc(-c3ccccc3I)oc2c1. The summed E-state index contributed by atoms with van der Waals surface area (Å²) in [4.78, 5) is 12.3. The Labute approximate surface area is 135 Å². The first-order valence-corrected chi connectivity index (χ1v) is 7.72. The molecular weight excluding hydrogens is 379 g/mol. The number of benzene rings is 2. The molecule has 0 aliphatic rings. The summed E-state index contributed by atoms with van der Waals surface area (Å²) in [5.41, 5.74) is 1.41. The van der Waals surface area contributed by atoms with Gasteiger partial charge in [-0.1, -0.05) is 18.2 Å². The number of hydrogen-bond acceptors (Lipinski definition) is 3. The fourth-order valence-corrected chi connectivity index (χ4v) is 2.84. The van der Waals surface area contributed by atoms with E-state index in [1.807, 2.05) is 31.2 Å². The molecule has 0 N–H and O–H groups in total. The summed E-state index contributed by atoms with van der Waals surface area (Å²) in [6.07, 6.45) is 0. The maximum absolute atomic E-state index is 12.3. The zero-order valence-corrected chi connectivity index (χ0v) is 13.6. The first-order valence-electron chi connectivity index (χ1n) is 6.64. The van der Waals surface area contributed by atoms with Crippen LogP contribution in [0, 0.1) is 3.57 Å². The average Bonchev–Trinajstić information content (AvgIpc) is 2.47. The van der Waals surface area contributed by atoms with Gasteiger partial charge in [-0.15, -0.1) is 0 Å². The minimum Gasteiger partial charge on any atom is -0.494 e. The average molecular weight is 392 g/mol. The van der Waals surface area contributed by atoms with Gasteiger partial charge in [0.2, 0.25) is 0 Å². The molecule has 0 aliphatic heterocycles. The lowest BCUT2D eigenvalue weighted by Crippen LogP contribution is -2.01. The Kier molecular flexibility index (Phi) is 3.96. The molecule has 0 saturated heterocycles. The standard InChI is InChI=1S/C17H13IO3/c1-2-20-11-7-8-13-15(19)10-17(21-16(13)9-11)12-5-3-4-6-14(12)18/h3-10H,2H2,1H3. The number of hydrogen-bond donors (Lipinski definition) is 0. The van der Waals surface area contributed by atoms with Crippen molar-refractivity contribution in [2.24, 2.45) is 0 Å². The quantitative estimate of drug-likeness (QED) is 0.618. The third-order valence-corrected chi connectivity index (χ3v) is 4.09. The van der Waals surface area contributed by atoms with Crippen molar-refractivity contribution in [2.75, 3.05) is 6.61 Å². The van der Waals surface area contributed by atoms with Crippen molar-refractivity contribution in [1.82, 2.24) is 0 Å². The van der Waals surface area contributed by atoms with Crippen LogP contribution in [-0.4, -0.2) is 6.61 Å². The fourth-order valence-electron chi connectivity index (χ4n) is 2.19. The predicted molar refractivity (Wildman–Crippen MR) is 91.8 cm³/mol. The van der Waals surface area contributed by atoms with Gasteiger partial charge in [0.05, 0.1) is 12.0 Å². The zero-order chi connectivity index (χ0) is 14.8. The summed E-state index contributed by atoms with van der Waals surface area (Å²) in [5.74, 6) is 1.28. The lowest BCUT2D eigenvalue weighted by Gasteiger charge is -2.07. The highest BCUT2D eigenvalue weighted by Gasteiger charge is 2.10. The van der Waals surface area contributed by atoms with E-state index >= 15 is 0 Å². The summed E-state index contributed by atoms with van der Waals surface area (Å²) in [6.45, 7) is 2.50. The molecule has 2 aromatic carbocycles. The molecule has 1 heterocycles. The van der Waals surface area contributed by atoms with Crippen LogP contribution in [0.15, 0.2) is 57.7 Å². The van der Waals surface area contributed by atoms with Crippen molar-refractivity contribution in [1.29, 1.82) is 0 Å². The molecule has 3 aromatic rings. The van der Waals surface area contributed by atoms with Crippen molar-refractivity contribution >= 4 is 33.6 Å². The highest BCUT2D eigenvalue weighted by molar-refractivity contribution is 14.1. The van der Waals surface area contributed by atoms with Gasteiger partial charge >= 0.3 is 0 Å². The van der Waals surface area contributed by atoms with Crippen LogP contribution in [0.5, 0.6) is 5.75 Å². The van der Waals surface area contributed by atoms with E-state index in [4.69, 9.17) is 9.15 Å². The number of rotatable bonds is 3. The Bertz CT molecular complexity index is 852. The van der Waals surface area contributed by atoms with Gasteiger partial charge in [0.25, 0.3) is 0 Å². The minimum atomic E-state index is -0.0473. The largest absolute Gasteiger partial charge is 0.494 e. The summed E-state index contributed by atoms with van der Waals surface area (Å²) >= 11 is 2.23. The molecule has 0 amide bonds. The predicted octanol–water partition coefficient (Wildman–Crippen LogP) is 4.46. The van der Waals surface area contributed by atoms with Crippen LogP contribution >= 0.6 is 22.6 Å². The van der Waals surface area contributed by atoms with E-state index in [1.165, 1.54) is 0 Å². The van der Waals surface area contributed by atoms with Crippen molar-refractivity contribution in [3.05, 3.63) is 62.3 Å². The first-order chi connectivity index (χ1) is 10.2. The molecule has 0 unspecified atom stereocenters. The van der Waals surface area contributed by atoms with Crippen LogP contribution in [-0.2, 0) is 0 Å². The van der Waals surface area contributed by atoms with E-state index in [9.17, 15) is 4.79 Å². The summed E-state index contributed by atoms with van der Waals surface area (Å²) in [6, 6.07) is 14.6. The molecule has 0 bridgehead atoms. The highest BCUT2D eigenvalue weighted by atomic mass is 127. The Balaban J connectivity index is 2.22. The number of halogens is 1. The lowest BCUT2D eigenvalue weighted by atomic mass is 10.1. The van der Waals surface area contributed by atoms with Gasteiger partial charge in [0.15, 0.2) is 5.43 Å². The normalized spacial score (nSPS) is 10.8. The fraction of sp³-hybridized carbons (Fsp3) is 0.118. The third-order valence-electron chi connectivity index (χ3n) is 3.15. The van der Waals surface area contributed by atoms with E-state index < -0.39 is 0 Å². The second kappa shape index (κ2) is 5.89. The van der Waals surface area contributed by atoms with Gasteiger partial charge in [-0.2, -0.15) is 0 Å². The third kappa shape index (κ3) is 2.81. The number of ether oxygens (including phenoxy) is 1. The van der Waals surface area contributed by atoms with Crippen LogP contribution < -0.4 is 10.2 Å². The molecular formula is C17H13IO3. The molecule has 0 spiro atoms. The Morgan fingerprint density at radius 3 is 2.71 bits per heavy atom. The van der Waals surface area contributed by atoms with Crippen molar-refractivity contribution in [3.8, 4) is 17.1 Å². The molecule has 3 nitrogen and oxygen atoms in total. The summed E-state index contributed by atoms with van der Waals surface area (Å²) in [5, 5.41) is 0.563. The van der Waals surface area contributed by atoms with Crippen LogP contribution in [0.25, 0.3) is 22.3 Å². The maximum Gasteiger partial charge on any atom is 0.193 e. The van der Waals surface area contributed by atoms with Gasteiger partial charge in [0.1, 0.15) is 17.1 Å². The van der Waals surface area contributed by atoms with Crippen LogP contribution in [0.3, 0.4) is 0 Å². The van der Waals surface area contributed by atoms with Gasteiger partial charge < -0.3 is 9.15 Å². The molecule has 0 saturated carbocycles. The summed E-state index contributed by atoms with van der Waals surface area (Å²) in [7, 11) is 0. The smallest absolute Gasteiger partial charge is 0.193 e. The van der Waals surface area contributed by atoms with Crippen molar-refractivity contribution < 1.29 is 9.15 Å². The molecule has 4 heteroatoms. The summed E-state index contributed by atoms with van der Waals surface area (Å²) < 4.78 is 12.4. The molecule has 3 rings (SSSR count). The van der Waals surface area contributed by atoms with Crippen molar-refractivity contribution in [3.63, 3.8) is 0 Å². The van der Waals surface area contributed by atoms with Gasteiger partial charge in [0, 0.05) is 21.3 Å². The zero-order valence-electron chi connectivity index (χ0n) is 11.4. The maximum atomic E-state index is 12.3. The molecule has 0 aliphatic carbocycles. The topological polar surface area (TPSA) is 39.4 Å². The molecule has 21 heavy (non-hydrogen) atoms. The van der Waals surface area contributed by atoms with E-state index in [1.54, 1.807) is 24.3 Å². The van der Waals surface area contributed by atoms with Crippen molar-refractivity contribution in [2.45, 2.75) is 6.92 Å². The van der Waals surface area contributed by atoms with E-state index in [0.717, 1.165) is 9.13 Å². The monoisotopic (exact) mass is 392 g/mol. The van der Waals surface area contributed by atoms with E-state index in [-0.39, 0.29) is 5.43 Å². The molecule has 0 radical (unpaired) electrons. The molecule has 106 valence electrons. The second-order valence-corrected chi connectivity index (χ2v) is 5.71. The minimum absolute atomic E-state index is 0.0473. The lowest BCUT2D eigenvalue weighted by molar-refractivity contribution is 0.340. The van der Waals surface area contributed by atoms with Crippen LogP contribution in [0.2, 0.25) is 0 Å². The van der Waals surface area contributed by atoms with Gasteiger partial charge in [-0.25, -0.2) is 0 Å². The van der Waals surface area contributed by atoms with Crippen LogP contribution in [0.1, 0.15) is 6.92 Å². The Morgan fingerprint density at radius 2 is 1.95 bits per heavy atom. The Morgan fingerprint density at radius 1 is 1.14 bits per heavy atom. The molecule has 1 aromatic heterocycles. The second-order valence-electron chi connectivity index (χ2n) is 4.55. The Hall–Kier alpha value is -1.82. The van der Waals surface area contributed by atoms with E-state index in [0.29, 0.717) is 29.1 Å². The number of fused-ring (bicyclic) bond motifs is 1. The van der Waals surface area contributed by atoms with Crippen LogP contribution in [0.4, 0.5) is 0 Å². The van der Waals surface area contributed by atoms with Gasteiger partial charge in [-0.05, 0) is 47.7 Å². The highest BCUT2D eigenvalue weighted by Crippen LogP contribution is 2.27. The van der Waals surface area contributed by atoms with Gasteiger partial charge in [-0.3, -0.25) is 4.79 Å².